The monoisotopic (exact) mass is 426 g/mol. The second kappa shape index (κ2) is 9.88. The Morgan fingerprint density at radius 3 is 2.61 bits per heavy atom. The Hall–Kier alpha value is -2.13. The van der Waals surface area contributed by atoms with Gasteiger partial charge in [-0.05, 0) is 36.8 Å². The number of nitrogens with one attached hydrogen (secondary N) is 1. The van der Waals surface area contributed by atoms with Crippen LogP contribution in [0.1, 0.15) is 30.1 Å². The number of anilines is 1. The molecule has 0 aliphatic carbocycles. The second-order valence-corrected chi connectivity index (χ2v) is 8.21. The van der Waals surface area contributed by atoms with Crippen molar-refractivity contribution < 1.29 is 22.8 Å². The number of hydrogen-bond donors (Lipinski definition) is 1. The molecule has 0 aliphatic rings. The molecule has 0 saturated heterocycles. The number of benzene rings is 2. The van der Waals surface area contributed by atoms with E-state index in [9.17, 15) is 13.2 Å². The molecule has 0 unspecified atom stereocenters. The maximum absolute atomic E-state index is 12.7. The van der Waals surface area contributed by atoms with Crippen molar-refractivity contribution in [1.29, 1.82) is 0 Å². The van der Waals surface area contributed by atoms with Gasteiger partial charge in [0.25, 0.3) is 15.9 Å². The Labute approximate surface area is 170 Å². The van der Waals surface area contributed by atoms with Gasteiger partial charge in [0.05, 0.1) is 24.4 Å². The van der Waals surface area contributed by atoms with Crippen molar-refractivity contribution in [2.45, 2.75) is 24.7 Å². The van der Waals surface area contributed by atoms with Crippen molar-refractivity contribution in [3.63, 3.8) is 0 Å². The molecular formula is C19H23ClN2O5S. The van der Waals surface area contributed by atoms with Gasteiger partial charge in [-0.1, -0.05) is 41.5 Å². The number of rotatable bonds is 9. The lowest BCUT2D eigenvalue weighted by atomic mass is 10.2. The predicted molar refractivity (Wildman–Crippen MR) is 108 cm³/mol. The molecule has 9 heteroatoms. The van der Waals surface area contributed by atoms with Gasteiger partial charge in [0.15, 0.2) is 0 Å². The zero-order chi connectivity index (χ0) is 20.7. The first-order valence-corrected chi connectivity index (χ1v) is 10.5. The number of nitrogens with zero attached hydrogens (tertiary/aromatic N) is 1. The quantitative estimate of drug-likeness (QED) is 0.484. The molecule has 0 aromatic heterocycles. The van der Waals surface area contributed by atoms with E-state index in [0.29, 0.717) is 22.5 Å². The average molecular weight is 427 g/mol. The molecule has 0 heterocycles. The van der Waals surface area contributed by atoms with E-state index in [1.54, 1.807) is 18.2 Å². The van der Waals surface area contributed by atoms with E-state index < -0.39 is 15.9 Å². The summed E-state index contributed by atoms with van der Waals surface area (Å²) in [6, 6.07) is 11.1. The zero-order valence-electron chi connectivity index (χ0n) is 15.9. The SMILES string of the molecule is CCCCOc1ccccc1NC(=O)c1ccc(Cl)c(S(=O)(=O)N(C)OC)c1. The van der Waals surface area contributed by atoms with Gasteiger partial charge in [-0.2, -0.15) is 0 Å². The molecule has 0 radical (unpaired) electrons. The summed E-state index contributed by atoms with van der Waals surface area (Å²) in [5.74, 6) is 0.0601. The van der Waals surface area contributed by atoms with Gasteiger partial charge in [-0.15, -0.1) is 0 Å². The molecule has 1 N–H and O–H groups in total. The summed E-state index contributed by atoms with van der Waals surface area (Å²) in [7, 11) is -1.54. The number of carbonyl (C=O) groups excluding carboxylic acids is 1. The van der Waals surface area contributed by atoms with E-state index in [1.807, 2.05) is 6.07 Å². The molecule has 1 amide bonds. The molecule has 0 spiro atoms. The lowest BCUT2D eigenvalue weighted by Crippen LogP contribution is -2.26. The minimum absolute atomic E-state index is 0.0104. The van der Waals surface area contributed by atoms with Crippen LogP contribution >= 0.6 is 11.6 Å². The molecule has 0 bridgehead atoms. The minimum atomic E-state index is -4.00. The van der Waals surface area contributed by atoms with E-state index in [4.69, 9.17) is 21.2 Å². The van der Waals surface area contributed by atoms with Crippen LogP contribution in [0.2, 0.25) is 5.02 Å². The van der Waals surface area contributed by atoms with Gasteiger partial charge < -0.3 is 10.1 Å². The van der Waals surface area contributed by atoms with Gasteiger partial charge in [-0.25, -0.2) is 8.42 Å². The summed E-state index contributed by atoms with van der Waals surface area (Å²) in [5.41, 5.74) is 0.632. The first-order chi connectivity index (χ1) is 13.3. The Morgan fingerprint density at radius 2 is 1.93 bits per heavy atom. The van der Waals surface area contributed by atoms with Crippen molar-refractivity contribution in [2.24, 2.45) is 0 Å². The molecule has 0 atom stereocenters. The highest BCUT2D eigenvalue weighted by atomic mass is 35.5. The van der Waals surface area contributed by atoms with Gasteiger partial charge in [0.1, 0.15) is 10.6 Å². The van der Waals surface area contributed by atoms with E-state index in [1.165, 1.54) is 32.4 Å². The molecule has 0 aliphatic heterocycles. The molecule has 28 heavy (non-hydrogen) atoms. The van der Waals surface area contributed by atoms with Crippen LogP contribution in [-0.4, -0.2) is 39.6 Å². The van der Waals surface area contributed by atoms with Crippen LogP contribution in [0.3, 0.4) is 0 Å². The van der Waals surface area contributed by atoms with E-state index in [-0.39, 0.29) is 15.5 Å². The van der Waals surface area contributed by atoms with Crippen molar-refractivity contribution in [3.8, 4) is 5.75 Å². The summed E-state index contributed by atoms with van der Waals surface area (Å²) >= 11 is 6.03. The van der Waals surface area contributed by atoms with Gasteiger partial charge in [-0.3, -0.25) is 9.63 Å². The normalized spacial score (nSPS) is 11.5. The fraction of sp³-hybridized carbons (Fsp3) is 0.316. The van der Waals surface area contributed by atoms with Gasteiger partial charge in [0.2, 0.25) is 0 Å². The van der Waals surface area contributed by atoms with Gasteiger partial charge >= 0.3 is 0 Å². The Morgan fingerprint density at radius 1 is 1.21 bits per heavy atom. The molecular weight excluding hydrogens is 404 g/mol. The van der Waals surface area contributed by atoms with Crippen LogP contribution in [0.4, 0.5) is 5.69 Å². The lowest BCUT2D eigenvalue weighted by molar-refractivity contribution is -0.0258. The third kappa shape index (κ3) is 5.23. The number of sulfonamides is 1. The number of amides is 1. The summed E-state index contributed by atoms with van der Waals surface area (Å²) in [6.07, 6.45) is 1.89. The number of para-hydroxylation sites is 2. The Balaban J connectivity index is 2.28. The maximum atomic E-state index is 12.7. The minimum Gasteiger partial charge on any atom is -0.491 e. The summed E-state index contributed by atoms with van der Waals surface area (Å²) in [6.45, 7) is 2.60. The first kappa shape index (κ1) is 22.2. The van der Waals surface area contributed by atoms with Crippen LogP contribution in [0.15, 0.2) is 47.4 Å². The lowest BCUT2D eigenvalue weighted by Gasteiger charge is -2.16. The van der Waals surface area contributed by atoms with E-state index in [2.05, 4.69) is 12.2 Å². The van der Waals surface area contributed by atoms with Crippen LogP contribution in [0.25, 0.3) is 0 Å². The first-order valence-electron chi connectivity index (χ1n) is 8.67. The highest BCUT2D eigenvalue weighted by molar-refractivity contribution is 7.89. The van der Waals surface area contributed by atoms with Crippen molar-refractivity contribution >= 4 is 33.2 Å². The molecule has 0 saturated carbocycles. The fourth-order valence-corrected chi connectivity index (χ4v) is 3.77. The van der Waals surface area contributed by atoms with Crippen LogP contribution in [0.5, 0.6) is 5.75 Å². The smallest absolute Gasteiger partial charge is 0.266 e. The molecule has 7 nitrogen and oxygen atoms in total. The van der Waals surface area contributed by atoms with Gasteiger partial charge in [0, 0.05) is 12.6 Å². The van der Waals surface area contributed by atoms with Crippen molar-refractivity contribution in [1.82, 2.24) is 4.47 Å². The maximum Gasteiger partial charge on any atom is 0.266 e. The van der Waals surface area contributed by atoms with Crippen LogP contribution < -0.4 is 10.1 Å². The van der Waals surface area contributed by atoms with Crippen LogP contribution in [0, 0.1) is 0 Å². The number of halogens is 1. The van der Waals surface area contributed by atoms with Crippen LogP contribution in [-0.2, 0) is 14.9 Å². The largest absolute Gasteiger partial charge is 0.491 e. The van der Waals surface area contributed by atoms with Crippen molar-refractivity contribution in [3.05, 3.63) is 53.1 Å². The molecule has 2 aromatic rings. The highest BCUT2D eigenvalue weighted by Gasteiger charge is 2.25. The average Bonchev–Trinajstić information content (AvgIpc) is 2.68. The van der Waals surface area contributed by atoms with Crippen molar-refractivity contribution in [2.75, 3.05) is 26.1 Å². The highest BCUT2D eigenvalue weighted by Crippen LogP contribution is 2.28. The zero-order valence-corrected chi connectivity index (χ0v) is 17.5. The Kier molecular flexibility index (Phi) is 7.82. The third-order valence-corrected chi connectivity index (χ3v) is 6.12. The number of unbranched alkanes of at least 4 members (excludes halogenated alkanes) is 1. The summed E-state index contributed by atoms with van der Waals surface area (Å²) in [5, 5.41) is 2.74. The van der Waals surface area contributed by atoms with E-state index in [0.717, 1.165) is 12.8 Å². The third-order valence-electron chi connectivity index (χ3n) is 3.96. The Bertz CT molecular complexity index is 934. The molecule has 0 fully saturated rings. The molecule has 2 rings (SSSR count). The number of hydrogen-bond acceptors (Lipinski definition) is 5. The second-order valence-electron chi connectivity index (χ2n) is 5.89. The standard InChI is InChI=1S/C19H23ClN2O5S/c1-4-5-12-27-17-9-7-6-8-16(17)21-19(23)14-10-11-15(20)18(13-14)28(24,25)22(2)26-3/h6-11,13H,4-5,12H2,1-3H3,(H,21,23). The number of ether oxygens (including phenoxy) is 1. The number of hydroxylamine groups is 1. The topological polar surface area (TPSA) is 84.9 Å². The van der Waals surface area contributed by atoms with E-state index >= 15 is 0 Å². The molecule has 2 aromatic carbocycles. The molecule has 152 valence electrons. The number of carbonyl (C=O) groups is 1. The summed E-state index contributed by atoms with van der Waals surface area (Å²) < 4.78 is 31.3. The fourth-order valence-electron chi connectivity index (χ4n) is 2.30. The summed E-state index contributed by atoms with van der Waals surface area (Å²) in [4.78, 5) is 17.2. The predicted octanol–water partition coefficient (Wildman–Crippen LogP) is 3.95.